The van der Waals surface area contributed by atoms with Gasteiger partial charge in [0.1, 0.15) is 5.75 Å². The van der Waals surface area contributed by atoms with Crippen molar-refractivity contribution in [2.24, 2.45) is 11.8 Å². The Bertz CT molecular complexity index is 449. The van der Waals surface area contributed by atoms with E-state index in [1.165, 1.54) is 35.7 Å². The third-order valence-electron chi connectivity index (χ3n) is 4.87. The molecular weight excluding hydrogens is 326 g/mol. The van der Waals surface area contributed by atoms with Gasteiger partial charge in [0.2, 0.25) is 0 Å². The van der Waals surface area contributed by atoms with E-state index in [1.54, 1.807) is 7.11 Å². The lowest BCUT2D eigenvalue weighted by molar-refractivity contribution is 0.199. The summed E-state index contributed by atoms with van der Waals surface area (Å²) in [5.41, 5.74) is 1.37. The number of ether oxygens (including phenoxy) is 1. The van der Waals surface area contributed by atoms with Crippen LogP contribution in [0.1, 0.15) is 45.1 Å². The fourth-order valence-electron chi connectivity index (χ4n) is 3.61. The molecule has 0 aliphatic heterocycles. The number of hydrogen-bond acceptors (Lipinski definition) is 2. The van der Waals surface area contributed by atoms with Gasteiger partial charge in [0.05, 0.1) is 7.11 Å². The standard InChI is InChI=1S/C18H28BrNO/c1-4-13-6-9-18(20-5-2)15(10-13)11-14-12-16(21-3)7-8-17(14)19/h7-8,12-13,15,18,20H,4-6,9-11H2,1-3H3. The number of nitrogens with one attached hydrogen (secondary N) is 1. The molecule has 1 aromatic rings. The second kappa shape index (κ2) is 8.19. The van der Waals surface area contributed by atoms with E-state index in [1.807, 2.05) is 6.07 Å². The summed E-state index contributed by atoms with van der Waals surface area (Å²) >= 11 is 3.70. The third-order valence-corrected chi connectivity index (χ3v) is 5.64. The lowest BCUT2D eigenvalue weighted by Gasteiger charge is -2.36. The highest BCUT2D eigenvalue weighted by Crippen LogP contribution is 2.35. The van der Waals surface area contributed by atoms with Crippen LogP contribution < -0.4 is 10.1 Å². The van der Waals surface area contributed by atoms with Crippen LogP contribution >= 0.6 is 15.9 Å². The minimum Gasteiger partial charge on any atom is -0.497 e. The molecule has 0 bridgehead atoms. The fraction of sp³-hybridized carbons (Fsp3) is 0.667. The van der Waals surface area contributed by atoms with Crippen molar-refractivity contribution < 1.29 is 4.74 Å². The molecule has 0 spiro atoms. The molecule has 21 heavy (non-hydrogen) atoms. The molecule has 1 fully saturated rings. The largest absolute Gasteiger partial charge is 0.497 e. The SMILES string of the molecule is CCNC1CCC(CC)CC1Cc1cc(OC)ccc1Br. The first-order valence-corrected chi connectivity index (χ1v) is 9.03. The van der Waals surface area contributed by atoms with Gasteiger partial charge < -0.3 is 10.1 Å². The van der Waals surface area contributed by atoms with E-state index in [4.69, 9.17) is 4.74 Å². The van der Waals surface area contributed by atoms with E-state index in [0.717, 1.165) is 30.6 Å². The summed E-state index contributed by atoms with van der Waals surface area (Å²) in [5.74, 6) is 2.58. The van der Waals surface area contributed by atoms with Crippen LogP contribution in [0.15, 0.2) is 22.7 Å². The number of methoxy groups -OCH3 is 1. The highest BCUT2D eigenvalue weighted by molar-refractivity contribution is 9.10. The van der Waals surface area contributed by atoms with Crippen molar-refractivity contribution in [2.45, 2.75) is 52.0 Å². The summed E-state index contributed by atoms with van der Waals surface area (Å²) in [6.45, 7) is 5.61. The molecule has 0 amide bonds. The van der Waals surface area contributed by atoms with Gasteiger partial charge in [-0.2, -0.15) is 0 Å². The summed E-state index contributed by atoms with van der Waals surface area (Å²) in [6.07, 6.45) is 6.49. The van der Waals surface area contributed by atoms with Crippen molar-refractivity contribution in [1.29, 1.82) is 0 Å². The minimum absolute atomic E-state index is 0.663. The molecule has 3 atom stereocenters. The first-order chi connectivity index (χ1) is 10.2. The monoisotopic (exact) mass is 353 g/mol. The summed E-state index contributed by atoms with van der Waals surface area (Å²) in [7, 11) is 1.74. The zero-order valence-corrected chi connectivity index (χ0v) is 15.1. The van der Waals surface area contributed by atoms with Crippen LogP contribution in [0.3, 0.4) is 0 Å². The van der Waals surface area contributed by atoms with E-state index >= 15 is 0 Å². The van der Waals surface area contributed by atoms with Crippen molar-refractivity contribution in [3.8, 4) is 5.75 Å². The third kappa shape index (κ3) is 4.46. The van der Waals surface area contributed by atoms with Crippen molar-refractivity contribution >= 4 is 15.9 Å². The number of rotatable bonds is 6. The Hall–Kier alpha value is -0.540. The molecule has 2 nitrogen and oxygen atoms in total. The van der Waals surface area contributed by atoms with E-state index in [0.29, 0.717) is 6.04 Å². The van der Waals surface area contributed by atoms with Gasteiger partial charge >= 0.3 is 0 Å². The van der Waals surface area contributed by atoms with Crippen LogP contribution in [-0.4, -0.2) is 19.7 Å². The van der Waals surface area contributed by atoms with Crippen LogP contribution in [0.4, 0.5) is 0 Å². The molecule has 3 heteroatoms. The van der Waals surface area contributed by atoms with E-state index < -0.39 is 0 Å². The van der Waals surface area contributed by atoms with Crippen LogP contribution in [0, 0.1) is 11.8 Å². The van der Waals surface area contributed by atoms with Crippen molar-refractivity contribution in [3.63, 3.8) is 0 Å². The van der Waals surface area contributed by atoms with Gasteiger partial charge in [-0.3, -0.25) is 0 Å². The highest BCUT2D eigenvalue weighted by atomic mass is 79.9. The maximum atomic E-state index is 5.38. The molecular formula is C18H28BrNO. The van der Waals surface area contributed by atoms with Gasteiger partial charge in [0.25, 0.3) is 0 Å². The molecule has 0 radical (unpaired) electrons. The maximum Gasteiger partial charge on any atom is 0.119 e. The number of benzene rings is 1. The molecule has 0 heterocycles. The van der Waals surface area contributed by atoms with Crippen molar-refractivity contribution in [2.75, 3.05) is 13.7 Å². The van der Waals surface area contributed by atoms with E-state index in [-0.39, 0.29) is 0 Å². The summed E-state index contributed by atoms with van der Waals surface area (Å²) in [6, 6.07) is 6.97. The Morgan fingerprint density at radius 3 is 2.76 bits per heavy atom. The summed E-state index contributed by atoms with van der Waals surface area (Å²) in [5, 5.41) is 3.70. The Kier molecular flexibility index (Phi) is 6.56. The average molecular weight is 354 g/mol. The summed E-state index contributed by atoms with van der Waals surface area (Å²) in [4.78, 5) is 0. The Morgan fingerprint density at radius 2 is 2.10 bits per heavy atom. The molecule has 1 aliphatic rings. The van der Waals surface area contributed by atoms with Gasteiger partial charge in [-0.25, -0.2) is 0 Å². The normalized spacial score (nSPS) is 25.8. The number of halogens is 1. The quantitative estimate of drug-likeness (QED) is 0.792. The van der Waals surface area contributed by atoms with Gasteiger partial charge in [0.15, 0.2) is 0 Å². The molecule has 1 saturated carbocycles. The van der Waals surface area contributed by atoms with Crippen LogP contribution in [0.25, 0.3) is 0 Å². The van der Waals surface area contributed by atoms with Crippen LogP contribution in [-0.2, 0) is 6.42 Å². The van der Waals surface area contributed by atoms with Gasteiger partial charge in [-0.1, -0.05) is 36.2 Å². The average Bonchev–Trinajstić information content (AvgIpc) is 2.51. The Labute approximate surface area is 137 Å². The first kappa shape index (κ1) is 16.8. The lowest BCUT2D eigenvalue weighted by atomic mass is 9.74. The van der Waals surface area contributed by atoms with Crippen molar-refractivity contribution in [1.82, 2.24) is 5.32 Å². The fourth-order valence-corrected chi connectivity index (χ4v) is 4.01. The molecule has 1 aliphatic carbocycles. The second-order valence-corrected chi connectivity index (χ2v) is 7.03. The second-order valence-electron chi connectivity index (χ2n) is 6.17. The Balaban J connectivity index is 2.13. The minimum atomic E-state index is 0.663. The molecule has 118 valence electrons. The highest BCUT2D eigenvalue weighted by Gasteiger charge is 2.29. The van der Waals surface area contributed by atoms with Gasteiger partial charge in [-0.05, 0) is 67.8 Å². The predicted octanol–water partition coefficient (Wildman–Crippen LogP) is 4.80. The van der Waals surface area contributed by atoms with Gasteiger partial charge in [-0.15, -0.1) is 0 Å². The molecule has 2 rings (SSSR count). The first-order valence-electron chi connectivity index (χ1n) is 8.23. The molecule has 0 aromatic heterocycles. The zero-order chi connectivity index (χ0) is 15.2. The topological polar surface area (TPSA) is 21.3 Å². The predicted molar refractivity (Wildman–Crippen MR) is 93.0 cm³/mol. The Morgan fingerprint density at radius 1 is 1.29 bits per heavy atom. The zero-order valence-electron chi connectivity index (χ0n) is 13.5. The number of hydrogen-bond donors (Lipinski definition) is 1. The molecule has 3 unspecified atom stereocenters. The lowest BCUT2D eigenvalue weighted by Crippen LogP contribution is -2.41. The maximum absolute atomic E-state index is 5.38. The van der Waals surface area contributed by atoms with Crippen molar-refractivity contribution in [3.05, 3.63) is 28.2 Å². The summed E-state index contributed by atoms with van der Waals surface area (Å²) < 4.78 is 6.58. The van der Waals surface area contributed by atoms with Crippen LogP contribution in [0.5, 0.6) is 5.75 Å². The van der Waals surface area contributed by atoms with Crippen LogP contribution in [0.2, 0.25) is 0 Å². The molecule has 1 aromatic carbocycles. The molecule has 0 saturated heterocycles. The smallest absolute Gasteiger partial charge is 0.119 e. The van der Waals surface area contributed by atoms with E-state index in [9.17, 15) is 0 Å². The molecule has 1 N–H and O–H groups in total. The van der Waals surface area contributed by atoms with E-state index in [2.05, 4.69) is 47.2 Å². The van der Waals surface area contributed by atoms with Gasteiger partial charge in [0, 0.05) is 10.5 Å².